The highest BCUT2D eigenvalue weighted by Gasteiger charge is 2.37. The topological polar surface area (TPSA) is 12.0 Å². The second kappa shape index (κ2) is 8.86. The highest BCUT2D eigenvalue weighted by atomic mass is 28.3. The highest BCUT2D eigenvalue weighted by Crippen LogP contribution is 2.33. The summed E-state index contributed by atoms with van der Waals surface area (Å²) in [5.74, 6) is 0. The summed E-state index contributed by atoms with van der Waals surface area (Å²) in [5.41, 5.74) is 10.1. The van der Waals surface area contributed by atoms with E-state index in [1.165, 1.54) is 54.5 Å². The third-order valence-corrected chi connectivity index (χ3v) is 11.6. The van der Waals surface area contributed by atoms with E-state index >= 15 is 0 Å². The average Bonchev–Trinajstić information content (AvgIpc) is 3.19. The first-order chi connectivity index (χ1) is 18.6. The summed E-state index contributed by atoms with van der Waals surface area (Å²) in [6.45, 7) is 4.96. The number of rotatable bonds is 4. The van der Waals surface area contributed by atoms with E-state index in [9.17, 15) is 0 Å². The summed E-state index contributed by atoms with van der Waals surface area (Å²) in [5, 5.41) is 9.26. The van der Waals surface area contributed by atoms with Crippen molar-refractivity contribution in [2.45, 2.75) is 13.1 Å². The summed E-state index contributed by atoms with van der Waals surface area (Å²) in [6, 6.07) is 48.7. The first-order valence-electron chi connectivity index (χ1n) is 13.3. The molecule has 0 fully saturated rings. The van der Waals surface area contributed by atoms with E-state index < -0.39 is 8.07 Å². The third-order valence-electron chi connectivity index (χ3n) is 8.04. The van der Waals surface area contributed by atoms with Gasteiger partial charge in [-0.05, 0) is 84.9 Å². The van der Waals surface area contributed by atoms with Crippen molar-refractivity contribution in [1.82, 2.24) is 0 Å². The maximum atomic E-state index is 3.67. The predicted molar refractivity (Wildman–Crippen MR) is 167 cm³/mol. The van der Waals surface area contributed by atoms with Gasteiger partial charge in [-0.2, -0.15) is 0 Å². The van der Waals surface area contributed by atoms with Crippen molar-refractivity contribution in [2.24, 2.45) is 0 Å². The van der Waals surface area contributed by atoms with Crippen molar-refractivity contribution in [1.29, 1.82) is 0 Å². The number of hydrogen-bond acceptors (Lipinski definition) is 1. The second-order valence-electron chi connectivity index (χ2n) is 10.8. The van der Waals surface area contributed by atoms with Crippen molar-refractivity contribution in [2.75, 3.05) is 5.32 Å². The third kappa shape index (κ3) is 3.85. The summed E-state index contributed by atoms with van der Waals surface area (Å²) in [6.07, 6.45) is 0. The molecule has 6 aromatic carbocycles. The van der Waals surface area contributed by atoms with Gasteiger partial charge in [0.15, 0.2) is 0 Å². The Kier molecular flexibility index (Phi) is 5.31. The molecule has 1 nitrogen and oxygen atoms in total. The van der Waals surface area contributed by atoms with E-state index in [1.807, 2.05) is 0 Å². The van der Waals surface area contributed by atoms with E-state index in [4.69, 9.17) is 0 Å². The molecule has 0 atom stereocenters. The van der Waals surface area contributed by atoms with Crippen molar-refractivity contribution in [3.63, 3.8) is 0 Å². The second-order valence-corrected chi connectivity index (χ2v) is 15.1. The monoisotopic (exact) mass is 503 g/mol. The number of anilines is 2. The van der Waals surface area contributed by atoms with Crippen LogP contribution in [0.4, 0.5) is 11.4 Å². The Hall–Kier alpha value is -4.40. The quantitative estimate of drug-likeness (QED) is 0.237. The normalized spacial score (nSPS) is 13.2. The molecular weight excluding hydrogens is 474 g/mol. The highest BCUT2D eigenvalue weighted by molar-refractivity contribution is 7.03. The van der Waals surface area contributed by atoms with Crippen LogP contribution in [-0.2, 0) is 0 Å². The van der Waals surface area contributed by atoms with Gasteiger partial charge >= 0.3 is 0 Å². The summed E-state index contributed by atoms with van der Waals surface area (Å²) in [4.78, 5) is 0. The van der Waals surface area contributed by atoms with Crippen LogP contribution >= 0.6 is 0 Å². The minimum atomic E-state index is -1.81. The van der Waals surface area contributed by atoms with Crippen LogP contribution in [0.5, 0.6) is 0 Å². The Morgan fingerprint density at radius 3 is 1.76 bits per heavy atom. The number of nitrogens with one attached hydrogen (secondary N) is 1. The molecule has 7 rings (SSSR count). The standard InChI is InChI=1S/C36H29NSi/c1-38(2)35-23-30(25-8-4-3-5-9-25)16-20-33(35)34-21-19-32(24-36(34)38)37-31-17-14-27(15-18-31)29-13-12-26-10-6-7-11-28(26)22-29/h3-24,37H,1-2H3. The van der Waals surface area contributed by atoms with Gasteiger partial charge in [-0.25, -0.2) is 0 Å². The van der Waals surface area contributed by atoms with Gasteiger partial charge in [0.25, 0.3) is 0 Å². The van der Waals surface area contributed by atoms with Gasteiger partial charge in [-0.15, -0.1) is 0 Å². The smallest absolute Gasteiger partial charge is 0.113 e. The molecule has 1 N–H and O–H groups in total. The molecule has 38 heavy (non-hydrogen) atoms. The molecule has 0 saturated heterocycles. The van der Waals surface area contributed by atoms with E-state index in [0.717, 1.165) is 11.4 Å². The van der Waals surface area contributed by atoms with Gasteiger partial charge in [-0.3, -0.25) is 0 Å². The first kappa shape index (κ1) is 22.8. The maximum Gasteiger partial charge on any atom is 0.113 e. The van der Waals surface area contributed by atoms with Crippen molar-refractivity contribution in [3.05, 3.63) is 133 Å². The van der Waals surface area contributed by atoms with Gasteiger partial charge in [0.2, 0.25) is 0 Å². The molecule has 0 saturated carbocycles. The van der Waals surface area contributed by atoms with Crippen LogP contribution in [0, 0.1) is 0 Å². The fourth-order valence-electron chi connectivity index (χ4n) is 5.91. The van der Waals surface area contributed by atoms with Crippen LogP contribution in [0.25, 0.3) is 44.2 Å². The molecule has 0 aliphatic carbocycles. The Morgan fingerprint density at radius 1 is 0.421 bits per heavy atom. The fraction of sp³-hybridized carbons (Fsp3) is 0.0556. The van der Waals surface area contributed by atoms with Gasteiger partial charge in [0.1, 0.15) is 8.07 Å². The number of benzene rings is 6. The molecular formula is C36H29NSi. The van der Waals surface area contributed by atoms with Crippen molar-refractivity contribution < 1.29 is 0 Å². The maximum absolute atomic E-state index is 3.67. The average molecular weight is 504 g/mol. The lowest BCUT2D eigenvalue weighted by Gasteiger charge is -2.20. The molecule has 6 aromatic rings. The van der Waals surface area contributed by atoms with Crippen LogP contribution in [0.3, 0.4) is 0 Å². The van der Waals surface area contributed by atoms with Gasteiger partial charge in [0, 0.05) is 11.4 Å². The Bertz CT molecular complexity index is 1800. The van der Waals surface area contributed by atoms with Crippen LogP contribution in [-0.4, -0.2) is 8.07 Å². The van der Waals surface area contributed by atoms with Crippen LogP contribution in [0.15, 0.2) is 133 Å². The summed E-state index contributed by atoms with van der Waals surface area (Å²) in [7, 11) is -1.81. The van der Waals surface area contributed by atoms with Gasteiger partial charge in [-0.1, -0.05) is 116 Å². The number of fused-ring (bicyclic) bond motifs is 4. The van der Waals surface area contributed by atoms with Crippen LogP contribution in [0.1, 0.15) is 0 Å². The fourth-order valence-corrected chi connectivity index (χ4v) is 9.01. The van der Waals surface area contributed by atoms with Gasteiger partial charge < -0.3 is 5.32 Å². The molecule has 2 heteroatoms. The Labute approximate surface area is 225 Å². The van der Waals surface area contributed by atoms with E-state index in [0.29, 0.717) is 0 Å². The number of hydrogen-bond donors (Lipinski definition) is 1. The van der Waals surface area contributed by atoms with Gasteiger partial charge in [0.05, 0.1) is 0 Å². The molecule has 0 aromatic heterocycles. The molecule has 0 radical (unpaired) electrons. The lowest BCUT2D eigenvalue weighted by Crippen LogP contribution is -2.49. The molecule has 1 heterocycles. The van der Waals surface area contributed by atoms with E-state index in [1.54, 1.807) is 0 Å². The minimum absolute atomic E-state index is 1.11. The molecule has 0 bridgehead atoms. The molecule has 1 aliphatic heterocycles. The van der Waals surface area contributed by atoms with Crippen LogP contribution in [0.2, 0.25) is 13.1 Å². The summed E-state index contributed by atoms with van der Waals surface area (Å²) < 4.78 is 0. The van der Waals surface area contributed by atoms with Crippen molar-refractivity contribution >= 4 is 40.6 Å². The zero-order valence-electron chi connectivity index (χ0n) is 21.7. The SMILES string of the molecule is C[Si]1(C)c2cc(Nc3ccc(-c4ccc5ccccc5c4)cc3)ccc2-c2ccc(-c3ccccc3)cc21. The zero-order chi connectivity index (χ0) is 25.7. The molecule has 0 unspecified atom stereocenters. The first-order valence-corrected chi connectivity index (χ1v) is 16.3. The largest absolute Gasteiger partial charge is 0.356 e. The van der Waals surface area contributed by atoms with Crippen LogP contribution < -0.4 is 15.7 Å². The molecule has 182 valence electrons. The lowest BCUT2D eigenvalue weighted by atomic mass is 10.00. The Balaban J connectivity index is 1.16. The van der Waals surface area contributed by atoms with E-state index in [-0.39, 0.29) is 0 Å². The predicted octanol–water partition coefficient (Wildman–Crippen LogP) is 8.72. The van der Waals surface area contributed by atoms with E-state index in [2.05, 4.69) is 152 Å². The summed E-state index contributed by atoms with van der Waals surface area (Å²) >= 11 is 0. The Morgan fingerprint density at radius 2 is 0.974 bits per heavy atom. The van der Waals surface area contributed by atoms with Crippen molar-refractivity contribution in [3.8, 4) is 33.4 Å². The molecule has 0 amide bonds. The zero-order valence-corrected chi connectivity index (χ0v) is 22.7. The molecule has 0 spiro atoms. The lowest BCUT2D eigenvalue weighted by molar-refractivity contribution is 1.55. The minimum Gasteiger partial charge on any atom is -0.356 e. The molecule has 1 aliphatic rings.